The number of hydrogen-bond acceptors (Lipinski definition) is 6. The number of carbonyl (C=O) groups excluding carboxylic acids is 1. The largest absolute Gasteiger partial charge is 0.497 e. The van der Waals surface area contributed by atoms with Crippen molar-refractivity contribution in [3.63, 3.8) is 0 Å². The molecule has 0 aliphatic heterocycles. The number of carbonyl (C=O) groups is 1. The Morgan fingerprint density at radius 1 is 1.27 bits per heavy atom. The van der Waals surface area contributed by atoms with Crippen LogP contribution in [-0.4, -0.2) is 28.3 Å². The number of aromatic nitrogens is 2. The monoisotopic (exact) mass is 318 g/mol. The van der Waals surface area contributed by atoms with Gasteiger partial charge in [0, 0.05) is 6.42 Å². The molecule has 6 heteroatoms. The molecule has 1 aliphatic carbocycles. The molecule has 0 spiro atoms. The second-order valence-corrected chi connectivity index (χ2v) is 6.46. The SMILES string of the molecule is COc1ccc(Cc2nnc(S[C@H]3CCCCC3=O)o2)cc1. The summed E-state index contributed by atoms with van der Waals surface area (Å²) < 4.78 is 10.8. The molecule has 1 fully saturated rings. The second kappa shape index (κ2) is 6.96. The Morgan fingerprint density at radius 3 is 2.82 bits per heavy atom. The van der Waals surface area contributed by atoms with Crippen LogP contribution in [0.25, 0.3) is 0 Å². The van der Waals surface area contributed by atoms with E-state index in [4.69, 9.17) is 9.15 Å². The lowest BCUT2D eigenvalue weighted by Crippen LogP contribution is -2.21. The predicted molar refractivity (Wildman–Crippen MR) is 83.2 cm³/mol. The molecule has 1 atom stereocenters. The van der Waals surface area contributed by atoms with Gasteiger partial charge in [-0.15, -0.1) is 10.2 Å². The third-order valence-corrected chi connectivity index (χ3v) is 4.85. The van der Waals surface area contributed by atoms with Gasteiger partial charge in [0.2, 0.25) is 5.89 Å². The van der Waals surface area contributed by atoms with Gasteiger partial charge in [-0.25, -0.2) is 0 Å². The number of methoxy groups -OCH3 is 1. The molecule has 3 rings (SSSR count). The van der Waals surface area contributed by atoms with Crippen molar-refractivity contribution in [1.82, 2.24) is 10.2 Å². The van der Waals surface area contributed by atoms with E-state index in [1.54, 1.807) is 7.11 Å². The highest BCUT2D eigenvalue weighted by Crippen LogP contribution is 2.31. The van der Waals surface area contributed by atoms with Gasteiger partial charge in [0.15, 0.2) is 0 Å². The van der Waals surface area contributed by atoms with Gasteiger partial charge in [-0.2, -0.15) is 0 Å². The van der Waals surface area contributed by atoms with E-state index in [1.807, 2.05) is 24.3 Å². The van der Waals surface area contributed by atoms with Crippen molar-refractivity contribution in [2.75, 3.05) is 7.11 Å². The lowest BCUT2D eigenvalue weighted by Gasteiger charge is -2.17. The molecule has 116 valence electrons. The summed E-state index contributed by atoms with van der Waals surface area (Å²) in [4.78, 5) is 11.8. The molecule has 1 heterocycles. The van der Waals surface area contributed by atoms with Crippen molar-refractivity contribution in [1.29, 1.82) is 0 Å². The quantitative estimate of drug-likeness (QED) is 0.843. The van der Waals surface area contributed by atoms with Gasteiger partial charge in [0.1, 0.15) is 11.5 Å². The van der Waals surface area contributed by atoms with Crippen LogP contribution in [0.3, 0.4) is 0 Å². The Bertz CT molecular complexity index is 639. The standard InChI is InChI=1S/C16H18N2O3S/c1-20-12-8-6-11(7-9-12)10-15-17-18-16(21-15)22-14-5-3-2-4-13(14)19/h6-9,14H,2-5,10H2,1H3/t14-/m0/s1. The Kier molecular flexibility index (Phi) is 4.77. The van der Waals surface area contributed by atoms with Crippen molar-refractivity contribution < 1.29 is 13.9 Å². The van der Waals surface area contributed by atoms with Crippen LogP contribution in [0.1, 0.15) is 37.1 Å². The molecule has 5 nitrogen and oxygen atoms in total. The van der Waals surface area contributed by atoms with Gasteiger partial charge >= 0.3 is 0 Å². The highest BCUT2D eigenvalue weighted by Gasteiger charge is 2.25. The molecule has 0 amide bonds. The van der Waals surface area contributed by atoms with Crippen LogP contribution >= 0.6 is 11.8 Å². The molecule has 0 N–H and O–H groups in total. The molecule has 0 saturated heterocycles. The molecular weight excluding hydrogens is 300 g/mol. The van der Waals surface area contributed by atoms with Crippen LogP contribution in [0.15, 0.2) is 33.9 Å². The topological polar surface area (TPSA) is 65.2 Å². The first-order chi connectivity index (χ1) is 10.7. The average molecular weight is 318 g/mol. The van der Waals surface area contributed by atoms with Crippen molar-refractivity contribution in [2.45, 2.75) is 42.6 Å². The maximum atomic E-state index is 11.8. The number of hydrogen-bond donors (Lipinski definition) is 0. The summed E-state index contributed by atoms with van der Waals surface area (Å²) in [6.45, 7) is 0. The van der Waals surface area contributed by atoms with Crippen molar-refractivity contribution in [3.05, 3.63) is 35.7 Å². The summed E-state index contributed by atoms with van der Waals surface area (Å²) in [6.07, 6.45) is 4.25. The first-order valence-electron chi connectivity index (χ1n) is 7.39. The summed E-state index contributed by atoms with van der Waals surface area (Å²) in [5.74, 6) is 1.68. The summed E-state index contributed by atoms with van der Waals surface area (Å²) >= 11 is 1.40. The number of rotatable bonds is 5. The number of ketones is 1. The van der Waals surface area contributed by atoms with Gasteiger partial charge < -0.3 is 9.15 Å². The molecular formula is C16H18N2O3S. The molecule has 2 aromatic rings. The first-order valence-corrected chi connectivity index (χ1v) is 8.27. The van der Waals surface area contributed by atoms with Crippen LogP contribution in [-0.2, 0) is 11.2 Å². The summed E-state index contributed by atoms with van der Waals surface area (Å²) in [7, 11) is 1.64. The number of thioether (sulfide) groups is 1. The van der Waals surface area contributed by atoms with E-state index >= 15 is 0 Å². The zero-order chi connectivity index (χ0) is 15.4. The van der Waals surface area contributed by atoms with Gasteiger partial charge in [0.05, 0.1) is 18.8 Å². The third kappa shape index (κ3) is 3.68. The highest BCUT2D eigenvalue weighted by atomic mass is 32.2. The number of nitrogens with zero attached hydrogens (tertiary/aromatic N) is 2. The Hall–Kier alpha value is -1.82. The lowest BCUT2D eigenvalue weighted by atomic mass is 9.99. The average Bonchev–Trinajstić information content (AvgIpc) is 2.97. The first kappa shape index (κ1) is 15.1. The van der Waals surface area contributed by atoms with E-state index in [-0.39, 0.29) is 5.25 Å². The van der Waals surface area contributed by atoms with Crippen LogP contribution in [0.2, 0.25) is 0 Å². The normalized spacial score (nSPS) is 18.4. The van der Waals surface area contributed by atoms with Crippen LogP contribution < -0.4 is 4.74 Å². The Morgan fingerprint density at radius 2 is 2.09 bits per heavy atom. The summed E-state index contributed by atoms with van der Waals surface area (Å²) in [5.41, 5.74) is 1.08. The van der Waals surface area contributed by atoms with Crippen LogP contribution in [0.5, 0.6) is 5.75 Å². The number of benzene rings is 1. The smallest absolute Gasteiger partial charge is 0.277 e. The molecule has 0 radical (unpaired) electrons. The fourth-order valence-electron chi connectivity index (χ4n) is 2.47. The van der Waals surface area contributed by atoms with E-state index in [0.29, 0.717) is 29.7 Å². The fourth-order valence-corrected chi connectivity index (χ4v) is 3.48. The fraction of sp³-hybridized carbons (Fsp3) is 0.438. The summed E-state index contributed by atoms with van der Waals surface area (Å²) in [5, 5.41) is 8.57. The minimum absolute atomic E-state index is 0.0250. The maximum absolute atomic E-state index is 11.8. The van der Waals surface area contributed by atoms with E-state index in [0.717, 1.165) is 30.6 Å². The van der Waals surface area contributed by atoms with E-state index in [9.17, 15) is 4.79 Å². The minimum atomic E-state index is -0.0250. The van der Waals surface area contributed by atoms with Gasteiger partial charge in [0.25, 0.3) is 5.22 Å². The summed E-state index contributed by atoms with van der Waals surface area (Å²) in [6, 6.07) is 7.76. The molecule has 1 aromatic carbocycles. The Labute approximate surface area is 133 Å². The molecule has 0 bridgehead atoms. The molecule has 1 saturated carbocycles. The minimum Gasteiger partial charge on any atom is -0.497 e. The molecule has 22 heavy (non-hydrogen) atoms. The van der Waals surface area contributed by atoms with Crippen molar-refractivity contribution >= 4 is 17.5 Å². The second-order valence-electron chi connectivity index (χ2n) is 5.31. The third-order valence-electron chi connectivity index (χ3n) is 3.70. The van der Waals surface area contributed by atoms with Crippen LogP contribution in [0, 0.1) is 0 Å². The van der Waals surface area contributed by atoms with Gasteiger partial charge in [-0.1, -0.05) is 30.3 Å². The number of ether oxygens (including phenoxy) is 1. The lowest BCUT2D eigenvalue weighted by molar-refractivity contribution is -0.119. The van der Waals surface area contributed by atoms with Crippen molar-refractivity contribution in [3.8, 4) is 5.75 Å². The predicted octanol–water partition coefficient (Wildman–Crippen LogP) is 3.27. The zero-order valence-corrected chi connectivity index (χ0v) is 13.3. The van der Waals surface area contributed by atoms with E-state index < -0.39 is 0 Å². The van der Waals surface area contributed by atoms with E-state index in [1.165, 1.54) is 11.8 Å². The van der Waals surface area contributed by atoms with Gasteiger partial charge in [-0.3, -0.25) is 4.79 Å². The molecule has 1 aliphatic rings. The Balaban J connectivity index is 1.61. The number of Topliss-reactive ketones (excluding diaryl/α,β-unsaturated/α-hetero) is 1. The van der Waals surface area contributed by atoms with Gasteiger partial charge in [-0.05, 0) is 30.5 Å². The highest BCUT2D eigenvalue weighted by molar-refractivity contribution is 8.00. The van der Waals surface area contributed by atoms with E-state index in [2.05, 4.69) is 10.2 Å². The molecule has 1 aromatic heterocycles. The van der Waals surface area contributed by atoms with Crippen LogP contribution in [0.4, 0.5) is 0 Å². The maximum Gasteiger partial charge on any atom is 0.277 e. The molecule has 0 unspecified atom stereocenters. The van der Waals surface area contributed by atoms with Crippen molar-refractivity contribution in [2.24, 2.45) is 0 Å². The zero-order valence-electron chi connectivity index (χ0n) is 12.4.